The minimum absolute atomic E-state index is 0.0105. The van der Waals surface area contributed by atoms with Gasteiger partial charge in [-0.15, -0.1) is 51.0 Å². The highest BCUT2D eigenvalue weighted by Crippen LogP contribution is 2.55. The molecule has 0 aliphatic heterocycles. The van der Waals surface area contributed by atoms with Gasteiger partial charge in [0.1, 0.15) is 27.3 Å². The molecule has 704 valence electrons. The fourth-order valence-corrected chi connectivity index (χ4v) is 19.5. The molecule has 10 aromatic carbocycles. The van der Waals surface area contributed by atoms with E-state index in [-0.39, 0.29) is 23.1 Å². The average Bonchev–Trinajstić information content (AvgIpc) is 1.56. The summed E-state index contributed by atoms with van der Waals surface area (Å²) in [6.45, 7) is 13.4. The molecule has 24 heteroatoms. The number of ether oxygens (including phenoxy) is 3. The van der Waals surface area contributed by atoms with Crippen LogP contribution in [0.5, 0.6) is 17.2 Å². The van der Waals surface area contributed by atoms with Crippen LogP contribution in [0.15, 0.2) is 239 Å². The second-order valence-electron chi connectivity index (χ2n) is 34.7. The molecule has 0 fully saturated rings. The van der Waals surface area contributed by atoms with Crippen molar-refractivity contribution in [3.8, 4) is 152 Å². The van der Waals surface area contributed by atoms with Crippen LogP contribution in [0, 0.1) is 0 Å². The van der Waals surface area contributed by atoms with Crippen LogP contribution in [0.4, 0.5) is 0 Å². The van der Waals surface area contributed by atoms with Crippen molar-refractivity contribution in [2.24, 2.45) is 0 Å². The Bertz CT molecular complexity index is 6050. The van der Waals surface area contributed by atoms with Crippen LogP contribution in [0.1, 0.15) is 251 Å². The Kier molecular flexibility index (Phi) is 39.1. The summed E-state index contributed by atoms with van der Waals surface area (Å²) in [6, 6.07) is 69.6. The number of aromatic nitrogens is 10. The molecule has 5 aromatic heterocycles. The Morgan fingerprint density at radius 2 is 0.607 bits per heavy atom. The second kappa shape index (κ2) is 52.4. The normalized spacial score (nSPS) is 11.9. The fourth-order valence-electron chi connectivity index (χ4n) is 17.1. The molecule has 0 amide bonds. The summed E-state index contributed by atoms with van der Waals surface area (Å²) in [5.74, 6) is 5.34. The zero-order valence-electron chi connectivity index (χ0n) is 78.0. The number of rotatable bonds is 49. The van der Waals surface area contributed by atoms with Crippen molar-refractivity contribution in [3.63, 3.8) is 0 Å². The molecule has 0 saturated heterocycles. The maximum atomic E-state index is 6.44. The summed E-state index contributed by atoms with van der Waals surface area (Å²) in [4.78, 5) is 0. The van der Waals surface area contributed by atoms with E-state index in [1.807, 2.05) is 146 Å². The van der Waals surface area contributed by atoms with Crippen LogP contribution in [-0.4, -0.2) is 70.8 Å². The lowest BCUT2D eigenvalue weighted by molar-refractivity contribution is 0.304. The summed E-state index contributed by atoms with van der Waals surface area (Å²) < 4.78 is 44.5. The topological polar surface area (TPSA) is 209 Å². The van der Waals surface area contributed by atoms with Crippen LogP contribution in [0.3, 0.4) is 0 Å². The van der Waals surface area contributed by atoms with Crippen molar-refractivity contribution >= 4 is 89.6 Å². The quantitative estimate of drug-likeness (QED) is 0.0325. The lowest BCUT2D eigenvalue weighted by Crippen LogP contribution is -2.25. The molecule has 5 heterocycles. The van der Waals surface area contributed by atoms with Gasteiger partial charge in [0.2, 0.25) is 47.1 Å². The Morgan fingerprint density at radius 3 is 1.06 bits per heavy atom. The van der Waals surface area contributed by atoms with Gasteiger partial charge in [0.05, 0.1) is 36.0 Å². The van der Waals surface area contributed by atoms with Gasteiger partial charge in [0.15, 0.2) is 0 Å². The summed E-state index contributed by atoms with van der Waals surface area (Å²) in [5, 5.41) is 48.2. The molecular weight excluding hydrogens is 1920 g/mol. The molecular formula is C111H120Br2Cl4N10O7S. The third kappa shape index (κ3) is 28.3. The molecule has 1 aliphatic rings. The van der Waals surface area contributed by atoms with E-state index < -0.39 is 0 Å². The minimum Gasteiger partial charge on any atom is -0.494 e. The first-order chi connectivity index (χ1) is 66.2. The average molecular weight is 2040 g/mol. The Balaban J connectivity index is 0.000000169. The predicted octanol–water partition coefficient (Wildman–Crippen LogP) is 35.9. The Hall–Kier alpha value is -10.2. The van der Waals surface area contributed by atoms with Crippen molar-refractivity contribution in [3.05, 3.63) is 252 Å². The second-order valence-corrected chi connectivity index (χ2v) is 39.1. The van der Waals surface area contributed by atoms with Crippen LogP contribution in [-0.2, 0) is 5.41 Å². The van der Waals surface area contributed by atoms with Crippen molar-refractivity contribution in [1.29, 1.82) is 0 Å². The highest BCUT2D eigenvalue weighted by Gasteiger charge is 2.43. The predicted molar refractivity (Wildman–Crippen MR) is 558 cm³/mol. The van der Waals surface area contributed by atoms with E-state index in [0.717, 1.165) is 107 Å². The number of fused-ring (bicyclic) bond motifs is 3. The number of hydrogen-bond donors (Lipinski definition) is 0. The van der Waals surface area contributed by atoms with Gasteiger partial charge in [-0.1, -0.05) is 336 Å². The van der Waals surface area contributed by atoms with Gasteiger partial charge >= 0.3 is 0 Å². The van der Waals surface area contributed by atoms with Gasteiger partial charge in [-0.3, -0.25) is 0 Å². The van der Waals surface area contributed by atoms with Gasteiger partial charge in [-0.05, 0) is 234 Å². The molecule has 0 N–H and O–H groups in total. The highest BCUT2D eigenvalue weighted by atomic mass is 79.9. The summed E-state index contributed by atoms with van der Waals surface area (Å²) in [7, 11) is 0. The number of hydrogen-bond acceptors (Lipinski definition) is 18. The summed E-state index contributed by atoms with van der Waals surface area (Å²) in [5.41, 5.74) is 15.3. The van der Waals surface area contributed by atoms with Crippen LogP contribution in [0.2, 0.25) is 20.1 Å². The molecule has 0 unspecified atom stereocenters. The molecule has 15 aromatic rings. The summed E-state index contributed by atoms with van der Waals surface area (Å²) in [6.07, 6.45) is 40.2. The Labute approximate surface area is 835 Å². The fraction of sp³-hybridized carbons (Fsp3) is 0.369. The van der Waals surface area contributed by atoms with E-state index in [0.29, 0.717) is 85.0 Å². The van der Waals surface area contributed by atoms with Crippen molar-refractivity contribution in [1.82, 2.24) is 51.0 Å². The first-order valence-electron chi connectivity index (χ1n) is 48.4. The lowest BCUT2D eigenvalue weighted by atomic mass is 9.70. The van der Waals surface area contributed by atoms with E-state index in [4.69, 9.17) is 78.3 Å². The van der Waals surface area contributed by atoms with Gasteiger partial charge in [0, 0.05) is 79.5 Å². The van der Waals surface area contributed by atoms with Crippen molar-refractivity contribution < 1.29 is 31.9 Å². The summed E-state index contributed by atoms with van der Waals surface area (Å²) >= 11 is 33.9. The van der Waals surface area contributed by atoms with E-state index in [1.54, 1.807) is 35.6 Å². The van der Waals surface area contributed by atoms with Gasteiger partial charge in [-0.2, -0.15) is 0 Å². The van der Waals surface area contributed by atoms with E-state index in [9.17, 15) is 0 Å². The standard InChI is InChI=1S/C46H48Br2N6O5.C37H44Cl2N2O.C28H28Cl2N2OS/c1-3-5-7-9-11-13-25-55-37-20-15-31(16-21-37)41-49-51-43(57-41)33-27-34(29-35(28-33)45-53-54-46(59-45)39-30-36(47)19-24-40(39)48)44-52-50-42(58-44)32-17-22-38(23-18-32)56-26-14-12-10-8-6-4-2;1-3-5-7-9-11-15-23-37(24-16-12-10-8-6-4-2)32-18-14-13-17-29(32)30-21-19-27(25-33(30)37)35-40-41-36(42-35)31-26-28(38)20-22-34(31)39;1-2-3-4-5-6-7-18-33-24-15-12-22(13-16-24)28-32-31-27(34-28)21-10-8-20(9-11-21)25-19-23(29)14-17-26(25)30/h15-24,27-30H,3-14,25-26H2,1-2H3;13-14,17-22,25-26H,3-12,15-16,23-24H2,1-2H3;8-17,19H,2-7,18H2,1H3. The molecule has 0 atom stereocenters. The van der Waals surface area contributed by atoms with E-state index in [1.165, 1.54) is 208 Å². The van der Waals surface area contributed by atoms with E-state index >= 15 is 0 Å². The maximum absolute atomic E-state index is 6.44. The van der Waals surface area contributed by atoms with E-state index in [2.05, 4.69) is 160 Å². The first-order valence-corrected chi connectivity index (χ1v) is 52.3. The van der Waals surface area contributed by atoms with Gasteiger partial charge < -0.3 is 31.9 Å². The van der Waals surface area contributed by atoms with Crippen LogP contribution < -0.4 is 14.2 Å². The largest absolute Gasteiger partial charge is 0.494 e. The molecule has 16 rings (SSSR count). The van der Waals surface area contributed by atoms with Crippen molar-refractivity contribution in [2.75, 3.05) is 19.8 Å². The SMILES string of the molecule is CCCCCCCCC1(CCCCCCCC)c2ccccc2-c2ccc(-c3nnc(-c4cc(Cl)ccc4Cl)o3)cc21.CCCCCCCCOc1ccc(-c2nnc(-c3cc(-c4nnc(-c5ccc(OCCCCCCCC)cc5)o4)cc(-c4nnc(-c5cc(Br)ccc5Br)o4)c3)o2)cc1.CCCCCCCCOc1ccc(-c2nnc(-c3ccc(-c4cc(Cl)ccc4Cl)cc3)s2)cc1. The molecule has 135 heavy (non-hydrogen) atoms. The molecule has 0 bridgehead atoms. The first kappa shape index (κ1) is 101. The Morgan fingerprint density at radius 1 is 0.267 bits per heavy atom. The van der Waals surface area contributed by atoms with Gasteiger partial charge in [-0.25, -0.2) is 0 Å². The lowest BCUT2D eigenvalue weighted by Gasteiger charge is -2.33. The zero-order chi connectivity index (χ0) is 93.9. The molecule has 0 saturated carbocycles. The minimum atomic E-state index is 0.0105. The zero-order valence-corrected chi connectivity index (χ0v) is 85.0. The molecule has 0 radical (unpaired) electrons. The smallest absolute Gasteiger partial charge is 0.249 e. The number of benzene rings is 10. The maximum Gasteiger partial charge on any atom is 0.249 e. The van der Waals surface area contributed by atoms with Crippen LogP contribution >= 0.6 is 89.6 Å². The molecule has 0 spiro atoms. The number of halogens is 6. The van der Waals surface area contributed by atoms with Crippen molar-refractivity contribution in [2.45, 2.75) is 245 Å². The van der Waals surface area contributed by atoms with Crippen LogP contribution in [0.25, 0.3) is 135 Å². The molecule has 17 nitrogen and oxygen atoms in total. The number of unbranched alkanes of at least 4 members (excludes halogenated alkanes) is 25. The molecule has 1 aliphatic carbocycles. The third-order valence-electron chi connectivity index (χ3n) is 24.5. The number of nitrogens with zero attached hydrogens (tertiary/aromatic N) is 10. The third-order valence-corrected chi connectivity index (χ3v) is 27.9. The highest BCUT2D eigenvalue weighted by molar-refractivity contribution is 9.11. The van der Waals surface area contributed by atoms with Gasteiger partial charge in [0.25, 0.3) is 0 Å². The monoisotopic (exact) mass is 2030 g/mol.